The number of aryl methyl sites for hydroxylation is 1. The molecule has 0 amide bonds. The molecule has 0 bridgehead atoms. The van der Waals surface area contributed by atoms with E-state index in [9.17, 15) is 0 Å². The van der Waals surface area contributed by atoms with Crippen molar-refractivity contribution in [2.24, 2.45) is 7.05 Å². The lowest BCUT2D eigenvalue weighted by Gasteiger charge is -2.26. The Morgan fingerprint density at radius 3 is 2.30 bits per heavy atom. The average molecular weight is 414 g/mol. The topological polar surface area (TPSA) is 34.8 Å². The number of morpholine rings is 1. The Balaban J connectivity index is 0.000000757. The molecule has 0 N–H and O–H groups in total. The maximum absolute atomic E-state index is 6.00. The summed E-state index contributed by atoms with van der Waals surface area (Å²) in [5.41, 5.74) is 1.16. The molecule has 1 fully saturated rings. The third kappa shape index (κ3) is 5.83. The molecule has 1 aliphatic heterocycles. The van der Waals surface area contributed by atoms with Gasteiger partial charge in [0.2, 0.25) is 5.52 Å². The van der Waals surface area contributed by atoms with Crippen molar-refractivity contribution in [3.8, 4) is 11.5 Å². The van der Waals surface area contributed by atoms with E-state index in [-0.39, 0.29) is 0 Å². The van der Waals surface area contributed by atoms with Crippen LogP contribution in [0.25, 0.3) is 21.7 Å². The molecule has 0 spiro atoms. The van der Waals surface area contributed by atoms with Gasteiger partial charge in [0.05, 0.1) is 37.2 Å². The predicted molar refractivity (Wildman–Crippen MR) is 125 cm³/mol. The highest BCUT2D eigenvalue weighted by atomic mass is 16.5. The molecular formula is C25H37N2O3+. The third-order valence-corrected chi connectivity index (χ3v) is 5.01. The van der Waals surface area contributed by atoms with Crippen molar-refractivity contribution < 1.29 is 18.8 Å². The number of hydrogen-bond acceptors (Lipinski definition) is 4. The lowest BCUT2D eigenvalue weighted by Crippen LogP contribution is -2.38. The van der Waals surface area contributed by atoms with Gasteiger partial charge in [-0.05, 0) is 30.3 Å². The van der Waals surface area contributed by atoms with Gasteiger partial charge in [-0.3, -0.25) is 4.90 Å². The summed E-state index contributed by atoms with van der Waals surface area (Å²) in [6.45, 7) is 13.3. The molecule has 5 nitrogen and oxygen atoms in total. The van der Waals surface area contributed by atoms with E-state index in [1.165, 1.54) is 16.2 Å². The van der Waals surface area contributed by atoms with Gasteiger partial charge in [0, 0.05) is 25.0 Å². The van der Waals surface area contributed by atoms with E-state index in [2.05, 4.69) is 53.0 Å². The number of rotatable bonds is 5. The Hall–Kier alpha value is -2.37. The number of ether oxygens (including phenoxy) is 3. The van der Waals surface area contributed by atoms with Crippen molar-refractivity contribution in [3.05, 3.63) is 42.6 Å². The van der Waals surface area contributed by atoms with E-state index < -0.39 is 0 Å². The fourth-order valence-electron chi connectivity index (χ4n) is 3.54. The van der Waals surface area contributed by atoms with Gasteiger partial charge in [-0.25, -0.2) is 4.57 Å². The first-order valence-corrected chi connectivity index (χ1v) is 11.1. The van der Waals surface area contributed by atoms with Gasteiger partial charge in [0.15, 0.2) is 6.20 Å². The van der Waals surface area contributed by atoms with Gasteiger partial charge < -0.3 is 14.2 Å². The lowest BCUT2D eigenvalue weighted by molar-refractivity contribution is -0.643. The number of hydrogen-bond donors (Lipinski definition) is 0. The summed E-state index contributed by atoms with van der Waals surface area (Å²) in [6.07, 6.45) is 2.14. The van der Waals surface area contributed by atoms with Crippen LogP contribution in [-0.4, -0.2) is 51.5 Å². The van der Waals surface area contributed by atoms with Crippen LogP contribution in [0.3, 0.4) is 0 Å². The zero-order chi connectivity index (χ0) is 21.9. The van der Waals surface area contributed by atoms with Gasteiger partial charge >= 0.3 is 0 Å². The highest BCUT2D eigenvalue weighted by molar-refractivity contribution is 6.04. The summed E-state index contributed by atoms with van der Waals surface area (Å²) in [5.74, 6) is 1.79. The number of benzene rings is 2. The van der Waals surface area contributed by atoms with Crippen LogP contribution in [0, 0.1) is 0 Å². The predicted octanol–water partition coefficient (Wildman–Crippen LogP) is 4.59. The Bertz CT molecular complexity index is 921. The summed E-state index contributed by atoms with van der Waals surface area (Å²) in [5, 5.41) is 3.60. The monoisotopic (exact) mass is 413 g/mol. The highest BCUT2D eigenvalue weighted by Crippen LogP contribution is 2.28. The van der Waals surface area contributed by atoms with Crippen molar-refractivity contribution in [1.82, 2.24) is 4.90 Å². The SMILES string of the molecule is CC.CC.COc1ccc2c(c1)c[n+](C)c1cc(OCCN3CCOCC3)ccc21. The number of fused-ring (bicyclic) bond motifs is 3. The van der Waals surface area contributed by atoms with E-state index in [0.717, 1.165) is 49.9 Å². The molecule has 0 unspecified atom stereocenters. The largest absolute Gasteiger partial charge is 0.497 e. The van der Waals surface area contributed by atoms with Crippen LogP contribution in [0.5, 0.6) is 11.5 Å². The molecule has 3 aromatic rings. The van der Waals surface area contributed by atoms with Crippen molar-refractivity contribution in [1.29, 1.82) is 0 Å². The number of pyridine rings is 1. The molecule has 1 saturated heterocycles. The van der Waals surface area contributed by atoms with Gasteiger partial charge in [0.25, 0.3) is 0 Å². The first kappa shape index (κ1) is 23.9. The molecule has 0 atom stereocenters. The van der Waals surface area contributed by atoms with Crippen molar-refractivity contribution >= 4 is 21.7 Å². The molecule has 164 valence electrons. The third-order valence-electron chi connectivity index (χ3n) is 5.01. The molecule has 2 aromatic carbocycles. The summed E-state index contributed by atoms with van der Waals surface area (Å²) in [4.78, 5) is 2.38. The minimum atomic E-state index is 0.694. The molecule has 5 heteroatoms. The van der Waals surface area contributed by atoms with Crippen LogP contribution in [0.15, 0.2) is 42.6 Å². The van der Waals surface area contributed by atoms with Crippen LogP contribution in [0.1, 0.15) is 27.7 Å². The van der Waals surface area contributed by atoms with E-state index in [1.54, 1.807) is 7.11 Å². The zero-order valence-electron chi connectivity index (χ0n) is 19.4. The van der Waals surface area contributed by atoms with Crippen LogP contribution in [-0.2, 0) is 11.8 Å². The minimum absolute atomic E-state index is 0.694. The quantitative estimate of drug-likeness (QED) is 0.453. The molecule has 0 saturated carbocycles. The summed E-state index contributed by atoms with van der Waals surface area (Å²) in [6, 6.07) is 12.5. The number of nitrogens with zero attached hydrogens (tertiary/aromatic N) is 2. The first-order chi connectivity index (χ1) is 14.7. The van der Waals surface area contributed by atoms with Crippen molar-refractivity contribution in [3.63, 3.8) is 0 Å². The minimum Gasteiger partial charge on any atom is -0.497 e. The molecule has 0 radical (unpaired) electrons. The molecule has 1 aromatic heterocycles. The Kier molecular flexibility index (Phi) is 9.84. The van der Waals surface area contributed by atoms with E-state index in [4.69, 9.17) is 14.2 Å². The van der Waals surface area contributed by atoms with Crippen LogP contribution in [0.2, 0.25) is 0 Å². The number of aromatic nitrogens is 1. The highest BCUT2D eigenvalue weighted by Gasteiger charge is 2.13. The summed E-state index contributed by atoms with van der Waals surface area (Å²) < 4.78 is 18.9. The van der Waals surface area contributed by atoms with Gasteiger partial charge in [-0.15, -0.1) is 0 Å². The van der Waals surface area contributed by atoms with Crippen LogP contribution in [0.4, 0.5) is 0 Å². The summed E-state index contributed by atoms with van der Waals surface area (Å²) in [7, 11) is 3.77. The van der Waals surface area contributed by atoms with E-state index in [0.29, 0.717) is 6.61 Å². The second-order valence-electron chi connectivity index (χ2n) is 6.67. The number of methoxy groups -OCH3 is 1. The van der Waals surface area contributed by atoms with Gasteiger partial charge in [-0.2, -0.15) is 0 Å². The normalized spacial score (nSPS) is 13.8. The first-order valence-electron chi connectivity index (χ1n) is 11.1. The molecule has 30 heavy (non-hydrogen) atoms. The molecular weight excluding hydrogens is 376 g/mol. The molecule has 1 aliphatic rings. The maximum atomic E-state index is 6.00. The Morgan fingerprint density at radius 1 is 0.933 bits per heavy atom. The standard InChI is InChI=1S/C21H25N2O3.2C2H6/c1-22-15-16-13-17(24-2)3-5-19(16)20-6-4-18(14-21(20)22)26-12-9-23-7-10-25-11-8-23;2*1-2/h3-6,13-15H,7-12H2,1-2H3;2*1-2H3/q+1;;. The fourth-order valence-corrected chi connectivity index (χ4v) is 3.54. The van der Waals surface area contributed by atoms with Crippen molar-refractivity contribution in [2.45, 2.75) is 27.7 Å². The van der Waals surface area contributed by atoms with Gasteiger partial charge in [0.1, 0.15) is 25.2 Å². The second-order valence-corrected chi connectivity index (χ2v) is 6.67. The van der Waals surface area contributed by atoms with E-state index in [1.807, 2.05) is 33.8 Å². The maximum Gasteiger partial charge on any atom is 0.216 e. The lowest BCUT2D eigenvalue weighted by atomic mass is 10.1. The van der Waals surface area contributed by atoms with E-state index >= 15 is 0 Å². The molecule has 2 heterocycles. The molecule has 0 aliphatic carbocycles. The summed E-state index contributed by atoms with van der Waals surface area (Å²) >= 11 is 0. The molecule has 4 rings (SSSR count). The smallest absolute Gasteiger partial charge is 0.216 e. The fraction of sp³-hybridized carbons (Fsp3) is 0.480. The van der Waals surface area contributed by atoms with Crippen LogP contribution < -0.4 is 14.0 Å². The van der Waals surface area contributed by atoms with Crippen molar-refractivity contribution in [2.75, 3.05) is 46.6 Å². The second kappa shape index (κ2) is 12.4. The Morgan fingerprint density at radius 2 is 1.60 bits per heavy atom. The van der Waals surface area contributed by atoms with Gasteiger partial charge in [-0.1, -0.05) is 27.7 Å². The van der Waals surface area contributed by atoms with Crippen LogP contribution >= 0.6 is 0 Å². The Labute approximate surface area is 181 Å². The zero-order valence-corrected chi connectivity index (χ0v) is 19.4. The average Bonchev–Trinajstić information content (AvgIpc) is 2.82.